The van der Waals surface area contributed by atoms with Gasteiger partial charge in [0.15, 0.2) is 0 Å². The number of fused-ring (bicyclic) bond motifs is 1. The van der Waals surface area contributed by atoms with Gasteiger partial charge in [0.25, 0.3) is 0 Å². The number of benzene rings is 2. The first-order valence-corrected chi connectivity index (χ1v) is 6.58. The maximum absolute atomic E-state index is 5.87. The van der Waals surface area contributed by atoms with E-state index in [4.69, 9.17) is 4.74 Å². The zero-order chi connectivity index (χ0) is 13.2. The third-order valence-electron chi connectivity index (χ3n) is 3.40. The average molecular weight is 251 g/mol. The number of hydrogen-bond donors (Lipinski definition) is 0. The second-order valence-corrected chi connectivity index (χ2v) is 4.56. The molecular weight excluding hydrogens is 234 g/mol. The fourth-order valence-corrected chi connectivity index (χ4v) is 2.56. The van der Waals surface area contributed by atoms with Crippen molar-refractivity contribution in [2.75, 3.05) is 6.61 Å². The average Bonchev–Trinajstić information content (AvgIpc) is 2.74. The summed E-state index contributed by atoms with van der Waals surface area (Å²) in [7, 11) is 2.06. The maximum atomic E-state index is 5.87. The lowest BCUT2D eigenvalue weighted by atomic mass is 10.0. The van der Waals surface area contributed by atoms with Crippen molar-refractivity contribution in [2.24, 2.45) is 7.05 Å². The summed E-state index contributed by atoms with van der Waals surface area (Å²) >= 11 is 0. The Morgan fingerprint density at radius 3 is 2.37 bits per heavy atom. The molecule has 3 aromatic rings. The summed E-state index contributed by atoms with van der Waals surface area (Å²) in [6.45, 7) is 2.69. The van der Waals surface area contributed by atoms with Gasteiger partial charge in [-0.1, -0.05) is 48.5 Å². The number of hydrogen-bond acceptors (Lipinski definition) is 1. The normalized spacial score (nSPS) is 10.8. The molecule has 0 atom stereocenters. The molecule has 0 amide bonds. The third kappa shape index (κ3) is 1.89. The van der Waals surface area contributed by atoms with Crippen LogP contribution in [-0.4, -0.2) is 11.2 Å². The number of para-hydroxylation sites is 1. The molecule has 0 fully saturated rings. The minimum Gasteiger partial charge on any atom is -0.479 e. The SMILES string of the molecule is CCOc1c(-c2ccccc2)c2ccccc2n1C. The van der Waals surface area contributed by atoms with E-state index >= 15 is 0 Å². The summed E-state index contributed by atoms with van der Waals surface area (Å²) in [4.78, 5) is 0. The smallest absolute Gasteiger partial charge is 0.202 e. The van der Waals surface area contributed by atoms with E-state index in [-0.39, 0.29) is 0 Å². The van der Waals surface area contributed by atoms with Crippen molar-refractivity contribution in [3.05, 3.63) is 54.6 Å². The van der Waals surface area contributed by atoms with E-state index in [0.29, 0.717) is 6.61 Å². The second kappa shape index (κ2) is 4.81. The first-order valence-electron chi connectivity index (χ1n) is 6.58. The highest BCUT2D eigenvalue weighted by Crippen LogP contribution is 2.39. The molecule has 1 aromatic heterocycles. The van der Waals surface area contributed by atoms with Crippen molar-refractivity contribution in [1.82, 2.24) is 4.57 Å². The van der Waals surface area contributed by atoms with Crippen LogP contribution in [0.25, 0.3) is 22.0 Å². The maximum Gasteiger partial charge on any atom is 0.202 e. The lowest BCUT2D eigenvalue weighted by Crippen LogP contribution is -1.99. The minimum absolute atomic E-state index is 0.671. The van der Waals surface area contributed by atoms with Crippen molar-refractivity contribution < 1.29 is 4.74 Å². The van der Waals surface area contributed by atoms with Crippen LogP contribution in [0.3, 0.4) is 0 Å². The van der Waals surface area contributed by atoms with E-state index < -0.39 is 0 Å². The standard InChI is InChI=1S/C17H17NO/c1-3-19-17-16(13-9-5-4-6-10-13)14-11-7-8-12-15(14)18(17)2/h4-12H,3H2,1-2H3. The first-order chi connectivity index (χ1) is 9.33. The van der Waals surface area contributed by atoms with Crippen LogP contribution >= 0.6 is 0 Å². The van der Waals surface area contributed by atoms with Gasteiger partial charge in [-0.25, -0.2) is 0 Å². The lowest BCUT2D eigenvalue weighted by molar-refractivity contribution is 0.318. The van der Waals surface area contributed by atoms with Crippen LogP contribution in [0.4, 0.5) is 0 Å². The summed E-state index contributed by atoms with van der Waals surface area (Å²) in [5.74, 6) is 0.940. The Morgan fingerprint density at radius 2 is 1.63 bits per heavy atom. The fourth-order valence-electron chi connectivity index (χ4n) is 2.56. The Hall–Kier alpha value is -2.22. The van der Waals surface area contributed by atoms with Crippen molar-refractivity contribution in [3.8, 4) is 17.0 Å². The van der Waals surface area contributed by atoms with Crippen LogP contribution in [-0.2, 0) is 7.05 Å². The second-order valence-electron chi connectivity index (χ2n) is 4.56. The summed E-state index contributed by atoms with van der Waals surface area (Å²) in [6.07, 6.45) is 0. The number of rotatable bonds is 3. The molecular formula is C17H17NO. The Balaban J connectivity index is 2.35. The summed E-state index contributed by atoms with van der Waals surface area (Å²) in [5.41, 5.74) is 3.58. The molecule has 0 aliphatic rings. The van der Waals surface area contributed by atoms with Gasteiger partial charge in [-0.2, -0.15) is 0 Å². The van der Waals surface area contributed by atoms with Crippen molar-refractivity contribution in [2.45, 2.75) is 6.92 Å². The van der Waals surface area contributed by atoms with E-state index in [9.17, 15) is 0 Å². The van der Waals surface area contributed by atoms with Gasteiger partial charge in [0, 0.05) is 12.4 Å². The Bertz CT molecular complexity index is 698. The van der Waals surface area contributed by atoms with E-state index in [1.165, 1.54) is 22.0 Å². The van der Waals surface area contributed by atoms with E-state index in [0.717, 1.165) is 5.88 Å². The summed E-state index contributed by atoms with van der Waals surface area (Å²) in [6, 6.07) is 18.8. The largest absolute Gasteiger partial charge is 0.479 e. The van der Waals surface area contributed by atoms with Gasteiger partial charge < -0.3 is 9.30 Å². The van der Waals surface area contributed by atoms with Gasteiger partial charge >= 0.3 is 0 Å². The zero-order valence-electron chi connectivity index (χ0n) is 11.3. The third-order valence-corrected chi connectivity index (χ3v) is 3.40. The molecule has 19 heavy (non-hydrogen) atoms. The van der Waals surface area contributed by atoms with Gasteiger partial charge in [0.1, 0.15) is 0 Å². The quantitative estimate of drug-likeness (QED) is 0.679. The monoisotopic (exact) mass is 251 g/mol. The molecule has 96 valence electrons. The molecule has 2 aromatic carbocycles. The minimum atomic E-state index is 0.671. The molecule has 2 nitrogen and oxygen atoms in total. The molecule has 1 heterocycles. The first kappa shape index (κ1) is 11.8. The van der Waals surface area contributed by atoms with Crippen LogP contribution < -0.4 is 4.74 Å². The number of nitrogens with zero attached hydrogens (tertiary/aromatic N) is 1. The molecule has 0 bridgehead atoms. The Kier molecular flexibility index (Phi) is 3.00. The number of ether oxygens (including phenoxy) is 1. The molecule has 0 saturated carbocycles. The van der Waals surface area contributed by atoms with Crippen LogP contribution in [0.2, 0.25) is 0 Å². The van der Waals surface area contributed by atoms with E-state index in [1.54, 1.807) is 0 Å². The molecule has 0 N–H and O–H groups in total. The molecule has 2 heteroatoms. The Morgan fingerprint density at radius 1 is 0.947 bits per heavy atom. The van der Waals surface area contributed by atoms with Gasteiger partial charge in [-0.3, -0.25) is 0 Å². The summed E-state index contributed by atoms with van der Waals surface area (Å²) < 4.78 is 8.00. The van der Waals surface area contributed by atoms with Gasteiger partial charge in [0.2, 0.25) is 5.88 Å². The van der Waals surface area contributed by atoms with Crippen LogP contribution in [0.5, 0.6) is 5.88 Å². The highest BCUT2D eigenvalue weighted by molar-refractivity contribution is 5.99. The molecule has 3 rings (SSSR count). The van der Waals surface area contributed by atoms with Crippen LogP contribution in [0.15, 0.2) is 54.6 Å². The number of aryl methyl sites for hydroxylation is 1. The highest BCUT2D eigenvalue weighted by atomic mass is 16.5. The molecule has 0 spiro atoms. The molecule has 0 unspecified atom stereocenters. The van der Waals surface area contributed by atoms with Crippen LogP contribution in [0.1, 0.15) is 6.92 Å². The topological polar surface area (TPSA) is 14.2 Å². The van der Waals surface area contributed by atoms with Crippen molar-refractivity contribution >= 4 is 10.9 Å². The molecule has 0 aliphatic carbocycles. The van der Waals surface area contributed by atoms with Crippen molar-refractivity contribution in [3.63, 3.8) is 0 Å². The van der Waals surface area contributed by atoms with E-state index in [1.807, 2.05) is 13.0 Å². The Labute approximate surface area is 113 Å². The molecule has 0 radical (unpaired) electrons. The van der Waals surface area contributed by atoms with Crippen molar-refractivity contribution in [1.29, 1.82) is 0 Å². The molecule has 0 aliphatic heterocycles. The molecule has 0 saturated heterocycles. The van der Waals surface area contributed by atoms with Gasteiger partial charge in [-0.05, 0) is 18.6 Å². The van der Waals surface area contributed by atoms with E-state index in [2.05, 4.69) is 60.1 Å². The van der Waals surface area contributed by atoms with Gasteiger partial charge in [0.05, 0.1) is 17.7 Å². The summed E-state index contributed by atoms with van der Waals surface area (Å²) in [5, 5.41) is 1.24. The van der Waals surface area contributed by atoms with Gasteiger partial charge in [-0.15, -0.1) is 0 Å². The zero-order valence-corrected chi connectivity index (χ0v) is 11.3. The highest BCUT2D eigenvalue weighted by Gasteiger charge is 2.16. The number of aromatic nitrogens is 1. The predicted octanol–water partition coefficient (Wildman–Crippen LogP) is 4.24. The lowest BCUT2D eigenvalue weighted by Gasteiger charge is -2.08. The predicted molar refractivity (Wildman–Crippen MR) is 79.5 cm³/mol. The fraction of sp³-hybridized carbons (Fsp3) is 0.176. The van der Waals surface area contributed by atoms with Crippen LogP contribution in [0, 0.1) is 0 Å².